The Bertz CT molecular complexity index is 561. The first-order chi connectivity index (χ1) is 10.1. The maximum Gasteiger partial charge on any atom is 0.174 e. The lowest BCUT2D eigenvalue weighted by Gasteiger charge is -2.13. The molecular weight excluding hydrogens is 284 g/mol. The van der Waals surface area contributed by atoms with E-state index in [0.29, 0.717) is 28.5 Å². The van der Waals surface area contributed by atoms with Gasteiger partial charge in [0, 0.05) is 19.5 Å². The zero-order valence-corrected chi connectivity index (χ0v) is 13.4. The van der Waals surface area contributed by atoms with Crippen LogP contribution >= 0.6 is 11.3 Å². The van der Waals surface area contributed by atoms with Crippen LogP contribution in [0.2, 0.25) is 0 Å². The van der Waals surface area contributed by atoms with Crippen molar-refractivity contribution in [3.8, 4) is 6.07 Å². The number of Topliss-reactive ketones (excluding diaryl/α,β-unsaturated/α-hetero) is 1. The van der Waals surface area contributed by atoms with E-state index in [4.69, 9.17) is 5.73 Å². The highest BCUT2D eigenvalue weighted by Gasteiger charge is 2.23. The molecule has 0 spiro atoms. The zero-order valence-electron chi connectivity index (χ0n) is 12.6. The van der Waals surface area contributed by atoms with Crippen molar-refractivity contribution in [2.75, 3.05) is 37.2 Å². The molecule has 1 aromatic heterocycles. The van der Waals surface area contributed by atoms with Gasteiger partial charge in [0.25, 0.3) is 0 Å². The average molecular weight is 306 g/mol. The van der Waals surface area contributed by atoms with Crippen molar-refractivity contribution < 1.29 is 4.79 Å². The number of ketones is 1. The van der Waals surface area contributed by atoms with Gasteiger partial charge in [-0.1, -0.05) is 13.8 Å². The molecule has 0 radical (unpaired) electrons. The minimum Gasteiger partial charge on any atom is -0.396 e. The fourth-order valence-electron chi connectivity index (χ4n) is 2.65. The molecule has 114 valence electrons. The third kappa shape index (κ3) is 3.36. The van der Waals surface area contributed by atoms with Crippen LogP contribution in [-0.2, 0) is 0 Å². The summed E-state index contributed by atoms with van der Waals surface area (Å²) in [6.07, 6.45) is 1.58. The maximum atomic E-state index is 11.8. The van der Waals surface area contributed by atoms with Crippen LogP contribution in [0.4, 0.5) is 10.7 Å². The lowest BCUT2D eigenvalue weighted by atomic mass is 10.1. The van der Waals surface area contributed by atoms with Crippen molar-refractivity contribution in [3.63, 3.8) is 0 Å². The lowest BCUT2D eigenvalue weighted by molar-refractivity contribution is 0.0993. The molecule has 5 nitrogen and oxygen atoms in total. The highest BCUT2D eigenvalue weighted by molar-refractivity contribution is 7.19. The molecule has 1 aromatic rings. The molecule has 1 unspecified atom stereocenters. The lowest BCUT2D eigenvalue weighted by Crippen LogP contribution is -2.22. The molecule has 1 fully saturated rings. The molecule has 21 heavy (non-hydrogen) atoms. The van der Waals surface area contributed by atoms with Crippen molar-refractivity contribution in [3.05, 3.63) is 10.4 Å². The average Bonchev–Trinajstić information content (AvgIpc) is 3.08. The molecular formula is C15H22N4OS. The second-order valence-corrected chi connectivity index (χ2v) is 6.39. The number of nitrogens with one attached hydrogen (secondary N) is 1. The van der Waals surface area contributed by atoms with Gasteiger partial charge in [0.05, 0.1) is 10.6 Å². The fourth-order valence-corrected chi connectivity index (χ4v) is 3.74. The molecule has 2 heterocycles. The Hall–Kier alpha value is -1.58. The number of likely N-dealkylation sites (tertiary alicyclic amines) is 1. The van der Waals surface area contributed by atoms with Crippen LogP contribution in [0, 0.1) is 17.2 Å². The number of hydrogen-bond donors (Lipinski definition) is 2. The van der Waals surface area contributed by atoms with Crippen molar-refractivity contribution >= 4 is 27.8 Å². The van der Waals surface area contributed by atoms with E-state index in [1.165, 1.54) is 17.8 Å². The molecule has 0 aliphatic carbocycles. The Balaban J connectivity index is 2.06. The predicted molar refractivity (Wildman–Crippen MR) is 86.8 cm³/mol. The number of nitrogens with zero attached hydrogens (tertiary/aromatic N) is 2. The SMILES string of the molecule is CCC(=O)c1sc(NCC2CCN(CC)C2)c(C#N)c1N. The van der Waals surface area contributed by atoms with Gasteiger partial charge < -0.3 is 16.0 Å². The van der Waals surface area contributed by atoms with Crippen molar-refractivity contribution in [2.24, 2.45) is 5.92 Å². The first kappa shape index (κ1) is 15.8. The van der Waals surface area contributed by atoms with Gasteiger partial charge in [-0.15, -0.1) is 11.3 Å². The topological polar surface area (TPSA) is 82.2 Å². The van der Waals surface area contributed by atoms with E-state index in [1.807, 2.05) is 0 Å². The number of thiophene rings is 1. The standard InChI is InChI=1S/C15H22N4OS/c1-3-12(20)14-13(17)11(7-16)15(21-14)18-8-10-5-6-19(4-2)9-10/h10,18H,3-6,8-9,17H2,1-2H3. The normalized spacial score (nSPS) is 18.6. The summed E-state index contributed by atoms with van der Waals surface area (Å²) in [5, 5.41) is 13.3. The highest BCUT2D eigenvalue weighted by Crippen LogP contribution is 2.36. The van der Waals surface area contributed by atoms with E-state index in [0.717, 1.165) is 31.2 Å². The summed E-state index contributed by atoms with van der Waals surface area (Å²) >= 11 is 1.31. The molecule has 0 saturated carbocycles. The summed E-state index contributed by atoms with van der Waals surface area (Å²) in [6, 6.07) is 2.12. The van der Waals surface area contributed by atoms with Crippen LogP contribution in [0.25, 0.3) is 0 Å². The Morgan fingerprint density at radius 1 is 1.57 bits per heavy atom. The second kappa shape index (κ2) is 6.92. The monoisotopic (exact) mass is 306 g/mol. The molecule has 1 saturated heterocycles. The summed E-state index contributed by atoms with van der Waals surface area (Å²) in [5.74, 6) is 0.588. The molecule has 6 heteroatoms. The quantitative estimate of drug-likeness (QED) is 0.789. The van der Waals surface area contributed by atoms with Gasteiger partial charge in [-0.3, -0.25) is 4.79 Å². The van der Waals surface area contributed by atoms with Crippen LogP contribution in [0.1, 0.15) is 41.9 Å². The van der Waals surface area contributed by atoms with Gasteiger partial charge in [0.1, 0.15) is 16.6 Å². The Morgan fingerprint density at radius 3 is 2.90 bits per heavy atom. The predicted octanol–water partition coefficient (Wildman–Crippen LogP) is 2.55. The van der Waals surface area contributed by atoms with Gasteiger partial charge in [0.15, 0.2) is 5.78 Å². The van der Waals surface area contributed by atoms with E-state index in [-0.39, 0.29) is 5.78 Å². The summed E-state index contributed by atoms with van der Waals surface area (Å²) < 4.78 is 0. The van der Waals surface area contributed by atoms with E-state index in [1.54, 1.807) is 6.92 Å². The van der Waals surface area contributed by atoms with Crippen LogP contribution in [0.5, 0.6) is 0 Å². The third-order valence-corrected chi connectivity index (χ3v) is 5.20. The largest absolute Gasteiger partial charge is 0.396 e. The first-order valence-corrected chi connectivity index (χ1v) is 8.24. The molecule has 0 amide bonds. The van der Waals surface area contributed by atoms with Gasteiger partial charge in [-0.05, 0) is 25.4 Å². The number of hydrogen-bond acceptors (Lipinski definition) is 6. The second-order valence-electron chi connectivity index (χ2n) is 5.37. The van der Waals surface area contributed by atoms with E-state index in [2.05, 4.69) is 23.2 Å². The van der Waals surface area contributed by atoms with Crippen LogP contribution in [0.15, 0.2) is 0 Å². The number of nitrogens with two attached hydrogens (primary N) is 1. The smallest absolute Gasteiger partial charge is 0.174 e. The summed E-state index contributed by atoms with van der Waals surface area (Å²) in [4.78, 5) is 14.8. The van der Waals surface area contributed by atoms with Crippen molar-refractivity contribution in [1.82, 2.24) is 4.90 Å². The zero-order chi connectivity index (χ0) is 15.4. The number of carbonyl (C=O) groups is 1. The van der Waals surface area contributed by atoms with E-state index < -0.39 is 0 Å². The van der Waals surface area contributed by atoms with Crippen LogP contribution in [-0.4, -0.2) is 36.9 Å². The van der Waals surface area contributed by atoms with Gasteiger partial charge in [-0.2, -0.15) is 5.26 Å². The number of nitrogen functional groups attached to an aromatic ring is 1. The summed E-state index contributed by atoms with van der Waals surface area (Å²) in [7, 11) is 0. The number of carbonyl (C=O) groups excluding carboxylic acids is 1. The summed E-state index contributed by atoms with van der Waals surface area (Å²) in [5.41, 5.74) is 6.69. The first-order valence-electron chi connectivity index (χ1n) is 7.42. The minimum absolute atomic E-state index is 0.0000690. The Labute approximate surface area is 129 Å². The van der Waals surface area contributed by atoms with Crippen molar-refractivity contribution in [2.45, 2.75) is 26.7 Å². The molecule has 1 aliphatic rings. The van der Waals surface area contributed by atoms with E-state index in [9.17, 15) is 10.1 Å². The summed E-state index contributed by atoms with van der Waals surface area (Å²) in [6.45, 7) is 8.11. The molecule has 0 bridgehead atoms. The molecule has 3 N–H and O–H groups in total. The minimum atomic E-state index is 0.0000690. The Kier molecular flexibility index (Phi) is 5.21. The van der Waals surface area contributed by atoms with Crippen LogP contribution < -0.4 is 11.1 Å². The number of anilines is 2. The fraction of sp³-hybridized carbons (Fsp3) is 0.600. The van der Waals surface area contributed by atoms with Gasteiger partial charge >= 0.3 is 0 Å². The van der Waals surface area contributed by atoms with Crippen molar-refractivity contribution in [1.29, 1.82) is 5.26 Å². The maximum absolute atomic E-state index is 11.8. The van der Waals surface area contributed by atoms with Crippen LogP contribution in [0.3, 0.4) is 0 Å². The molecule has 1 atom stereocenters. The van der Waals surface area contributed by atoms with E-state index >= 15 is 0 Å². The molecule has 0 aromatic carbocycles. The third-order valence-electron chi connectivity index (χ3n) is 4.00. The number of rotatable bonds is 6. The Morgan fingerprint density at radius 2 is 2.33 bits per heavy atom. The molecule has 2 rings (SSSR count). The highest BCUT2D eigenvalue weighted by atomic mass is 32.1. The van der Waals surface area contributed by atoms with Gasteiger partial charge in [-0.25, -0.2) is 0 Å². The van der Waals surface area contributed by atoms with Gasteiger partial charge in [0.2, 0.25) is 0 Å². The number of nitriles is 1. The molecule has 1 aliphatic heterocycles.